The summed E-state index contributed by atoms with van der Waals surface area (Å²) in [5.74, 6) is 0.518. The average Bonchev–Trinajstić information content (AvgIpc) is 2.73. The summed E-state index contributed by atoms with van der Waals surface area (Å²) in [5, 5.41) is 11.5. The summed E-state index contributed by atoms with van der Waals surface area (Å²) >= 11 is 10.8. The molecule has 0 saturated carbocycles. The zero-order valence-corrected chi connectivity index (χ0v) is 11.8. The summed E-state index contributed by atoms with van der Waals surface area (Å²) < 4.78 is 6.63. The summed E-state index contributed by atoms with van der Waals surface area (Å²) in [7, 11) is 0. The molecule has 86 valence electrons. The van der Waals surface area contributed by atoms with E-state index in [2.05, 4.69) is 22.0 Å². The quantitative estimate of drug-likeness (QED) is 0.824. The molecule has 0 fully saturated rings. The van der Waals surface area contributed by atoms with Crippen molar-refractivity contribution in [1.29, 1.82) is 5.26 Å². The van der Waals surface area contributed by atoms with Gasteiger partial charge in [-0.3, -0.25) is 0 Å². The van der Waals surface area contributed by atoms with E-state index in [0.717, 1.165) is 9.35 Å². The highest BCUT2D eigenvalue weighted by Gasteiger charge is 2.05. The molecule has 0 saturated heterocycles. The van der Waals surface area contributed by atoms with Crippen LogP contribution in [0.3, 0.4) is 0 Å². The first-order valence-electron chi connectivity index (χ1n) is 4.74. The first-order valence-corrected chi connectivity index (χ1v) is 6.79. The average molecular weight is 329 g/mol. The Bertz CT molecular complexity index is 576. The summed E-state index contributed by atoms with van der Waals surface area (Å²) in [6.45, 7) is 0.436. The van der Waals surface area contributed by atoms with Crippen LogP contribution in [0.4, 0.5) is 0 Å². The number of nitriles is 1. The second-order valence-electron chi connectivity index (χ2n) is 3.27. The molecule has 1 aromatic carbocycles. The zero-order valence-electron chi connectivity index (χ0n) is 8.61. The van der Waals surface area contributed by atoms with E-state index in [9.17, 15) is 0 Å². The van der Waals surface area contributed by atoms with Crippen LogP contribution >= 0.6 is 38.9 Å². The van der Waals surface area contributed by atoms with Gasteiger partial charge in [-0.15, -0.1) is 11.3 Å². The first-order chi connectivity index (χ1) is 8.19. The monoisotopic (exact) mass is 327 g/mol. The highest BCUT2D eigenvalue weighted by molar-refractivity contribution is 9.10. The van der Waals surface area contributed by atoms with Crippen LogP contribution in [0.2, 0.25) is 5.02 Å². The Morgan fingerprint density at radius 3 is 2.88 bits per heavy atom. The lowest BCUT2D eigenvalue weighted by Gasteiger charge is -2.06. The molecule has 0 unspecified atom stereocenters. The fourth-order valence-corrected chi connectivity index (χ4v) is 2.81. The lowest BCUT2D eigenvalue weighted by molar-refractivity contribution is 0.309. The molecular formula is C12H7BrClNOS. The number of hydrogen-bond acceptors (Lipinski definition) is 3. The smallest absolute Gasteiger partial charge is 0.139 e. The second-order valence-corrected chi connectivity index (χ2v) is 5.62. The van der Waals surface area contributed by atoms with Gasteiger partial charge in [0.1, 0.15) is 18.4 Å². The highest BCUT2D eigenvalue weighted by Crippen LogP contribution is 2.25. The van der Waals surface area contributed by atoms with Crippen molar-refractivity contribution in [3.63, 3.8) is 0 Å². The number of benzene rings is 1. The van der Waals surface area contributed by atoms with E-state index < -0.39 is 0 Å². The minimum absolute atomic E-state index is 0.436. The van der Waals surface area contributed by atoms with Gasteiger partial charge in [0.15, 0.2) is 0 Å². The molecule has 2 rings (SSSR count). The minimum Gasteiger partial charge on any atom is -0.487 e. The van der Waals surface area contributed by atoms with Crippen molar-refractivity contribution in [2.75, 3.05) is 0 Å². The summed E-state index contributed by atoms with van der Waals surface area (Å²) in [4.78, 5) is 1.08. The SMILES string of the molecule is N#Cc1ccc(Cl)cc1OCc1cc(Br)cs1. The predicted molar refractivity (Wildman–Crippen MR) is 72.5 cm³/mol. The Kier molecular flexibility index (Phi) is 4.06. The van der Waals surface area contributed by atoms with E-state index in [0.29, 0.717) is 22.9 Å². The van der Waals surface area contributed by atoms with Crippen LogP contribution in [0, 0.1) is 11.3 Å². The molecule has 2 aromatic rings. The highest BCUT2D eigenvalue weighted by atomic mass is 79.9. The van der Waals surface area contributed by atoms with Crippen molar-refractivity contribution in [2.45, 2.75) is 6.61 Å². The van der Waals surface area contributed by atoms with Gasteiger partial charge in [0, 0.05) is 25.8 Å². The molecule has 1 aromatic heterocycles. The van der Waals surface area contributed by atoms with E-state index in [1.165, 1.54) is 0 Å². The molecular weight excluding hydrogens is 322 g/mol. The maximum Gasteiger partial charge on any atom is 0.139 e. The van der Waals surface area contributed by atoms with Crippen LogP contribution in [0.25, 0.3) is 0 Å². The number of hydrogen-bond donors (Lipinski definition) is 0. The van der Waals surface area contributed by atoms with Gasteiger partial charge in [-0.1, -0.05) is 11.6 Å². The molecule has 0 spiro atoms. The maximum atomic E-state index is 8.93. The van der Waals surface area contributed by atoms with Gasteiger partial charge in [-0.05, 0) is 34.1 Å². The van der Waals surface area contributed by atoms with Crippen LogP contribution in [0.5, 0.6) is 5.75 Å². The van der Waals surface area contributed by atoms with Crippen molar-refractivity contribution >= 4 is 38.9 Å². The largest absolute Gasteiger partial charge is 0.487 e. The number of rotatable bonds is 3. The molecule has 0 aliphatic rings. The molecule has 0 atom stereocenters. The summed E-state index contributed by atoms with van der Waals surface area (Å²) in [6, 6.07) is 9.05. The third-order valence-corrected chi connectivity index (χ3v) is 3.96. The standard InChI is InChI=1S/C12H7BrClNOS/c13-9-3-11(17-7-9)6-16-12-4-10(14)2-1-8(12)5-15/h1-4,7H,6H2. The molecule has 5 heteroatoms. The fraction of sp³-hybridized carbons (Fsp3) is 0.0833. The van der Waals surface area contributed by atoms with Crippen LogP contribution in [-0.2, 0) is 6.61 Å². The topological polar surface area (TPSA) is 33.0 Å². The predicted octanol–water partition coefficient (Wildman–Crippen LogP) is 4.61. The Morgan fingerprint density at radius 2 is 2.24 bits per heavy atom. The van der Waals surface area contributed by atoms with Gasteiger partial charge in [0.2, 0.25) is 0 Å². The number of thiophene rings is 1. The van der Waals surface area contributed by atoms with Crippen LogP contribution < -0.4 is 4.74 Å². The van der Waals surface area contributed by atoms with Gasteiger partial charge in [-0.2, -0.15) is 5.26 Å². The number of halogens is 2. The van der Waals surface area contributed by atoms with Crippen molar-refractivity contribution in [3.8, 4) is 11.8 Å². The minimum atomic E-state index is 0.436. The Morgan fingerprint density at radius 1 is 1.41 bits per heavy atom. The molecule has 0 amide bonds. The molecule has 17 heavy (non-hydrogen) atoms. The number of ether oxygens (including phenoxy) is 1. The first kappa shape index (κ1) is 12.4. The maximum absolute atomic E-state index is 8.93. The third-order valence-electron chi connectivity index (χ3n) is 2.06. The Hall–Kier alpha value is -1.02. The van der Waals surface area contributed by atoms with Crippen molar-refractivity contribution in [1.82, 2.24) is 0 Å². The van der Waals surface area contributed by atoms with E-state index in [4.69, 9.17) is 21.6 Å². The van der Waals surface area contributed by atoms with Crippen LogP contribution in [0.1, 0.15) is 10.4 Å². The molecule has 0 bridgehead atoms. The van der Waals surface area contributed by atoms with Crippen molar-refractivity contribution in [2.24, 2.45) is 0 Å². The molecule has 2 nitrogen and oxygen atoms in total. The third kappa shape index (κ3) is 3.22. The molecule has 0 aliphatic heterocycles. The number of nitrogens with zero attached hydrogens (tertiary/aromatic N) is 1. The lowest BCUT2D eigenvalue weighted by atomic mass is 10.2. The van der Waals surface area contributed by atoms with Crippen LogP contribution in [0.15, 0.2) is 34.1 Å². The van der Waals surface area contributed by atoms with E-state index >= 15 is 0 Å². The van der Waals surface area contributed by atoms with Gasteiger partial charge < -0.3 is 4.74 Å². The molecule has 1 heterocycles. The van der Waals surface area contributed by atoms with E-state index in [1.54, 1.807) is 29.5 Å². The van der Waals surface area contributed by atoms with Crippen molar-refractivity contribution in [3.05, 3.63) is 49.6 Å². The van der Waals surface area contributed by atoms with Crippen molar-refractivity contribution < 1.29 is 4.74 Å². The summed E-state index contributed by atoms with van der Waals surface area (Å²) in [6.07, 6.45) is 0. The lowest BCUT2D eigenvalue weighted by Crippen LogP contribution is -1.95. The summed E-state index contributed by atoms with van der Waals surface area (Å²) in [5.41, 5.74) is 0.491. The molecule has 0 aliphatic carbocycles. The zero-order chi connectivity index (χ0) is 12.3. The van der Waals surface area contributed by atoms with Gasteiger partial charge in [0.25, 0.3) is 0 Å². The van der Waals surface area contributed by atoms with E-state index in [-0.39, 0.29) is 0 Å². The Labute approximate surface area is 117 Å². The van der Waals surface area contributed by atoms with Gasteiger partial charge in [-0.25, -0.2) is 0 Å². The van der Waals surface area contributed by atoms with Gasteiger partial charge in [0.05, 0.1) is 5.56 Å². The molecule has 0 N–H and O–H groups in total. The fourth-order valence-electron chi connectivity index (χ4n) is 1.29. The Balaban J connectivity index is 2.13. The molecule has 0 radical (unpaired) electrons. The second kappa shape index (κ2) is 5.54. The van der Waals surface area contributed by atoms with Crippen LogP contribution in [-0.4, -0.2) is 0 Å². The normalized spacial score (nSPS) is 9.94. The van der Waals surface area contributed by atoms with E-state index in [1.807, 2.05) is 11.4 Å². The van der Waals surface area contributed by atoms with Gasteiger partial charge >= 0.3 is 0 Å².